The van der Waals surface area contributed by atoms with Gasteiger partial charge in [0.15, 0.2) is 0 Å². The summed E-state index contributed by atoms with van der Waals surface area (Å²) < 4.78 is 5.77. The molecule has 0 saturated heterocycles. The van der Waals surface area contributed by atoms with Gasteiger partial charge in [-0.05, 0) is 50.1 Å². The molecule has 0 saturated carbocycles. The number of hydrogen-bond acceptors (Lipinski definition) is 2. The number of hydrogen-bond donors (Lipinski definition) is 1. The van der Waals surface area contributed by atoms with Crippen LogP contribution in [0.4, 0.5) is 5.69 Å². The average molecular weight is 269 g/mol. The van der Waals surface area contributed by atoms with Gasteiger partial charge in [-0.2, -0.15) is 0 Å². The number of ether oxygens (including phenoxy) is 1. The van der Waals surface area contributed by atoms with Crippen LogP contribution in [0.25, 0.3) is 0 Å². The van der Waals surface area contributed by atoms with Crippen LogP contribution < -0.4 is 10.1 Å². The minimum Gasteiger partial charge on any atom is -0.491 e. The zero-order valence-electron chi connectivity index (χ0n) is 12.5. The van der Waals surface area contributed by atoms with Crippen molar-refractivity contribution in [1.29, 1.82) is 0 Å². The van der Waals surface area contributed by atoms with Gasteiger partial charge in [-0.1, -0.05) is 36.8 Å². The molecule has 2 rings (SSSR count). The molecule has 0 fully saturated rings. The van der Waals surface area contributed by atoms with Crippen molar-refractivity contribution in [3.8, 4) is 5.75 Å². The Morgan fingerprint density at radius 3 is 2.50 bits per heavy atom. The minimum atomic E-state index is 0.265. The number of rotatable bonds is 6. The van der Waals surface area contributed by atoms with E-state index >= 15 is 0 Å². The molecule has 0 aliphatic carbocycles. The lowest BCUT2D eigenvalue weighted by Crippen LogP contribution is -2.09. The Labute approximate surface area is 121 Å². The highest BCUT2D eigenvalue weighted by molar-refractivity contribution is 5.47. The van der Waals surface area contributed by atoms with E-state index in [9.17, 15) is 0 Å². The van der Waals surface area contributed by atoms with E-state index in [1.807, 2.05) is 12.1 Å². The summed E-state index contributed by atoms with van der Waals surface area (Å²) in [6.07, 6.45) is 1.29. The predicted molar refractivity (Wildman–Crippen MR) is 85.3 cm³/mol. The maximum Gasteiger partial charge on any atom is 0.119 e. The van der Waals surface area contributed by atoms with Gasteiger partial charge in [0.05, 0.1) is 6.10 Å². The molecule has 0 heterocycles. The van der Waals surface area contributed by atoms with Gasteiger partial charge in [-0.15, -0.1) is 0 Å². The van der Waals surface area contributed by atoms with Crippen molar-refractivity contribution in [2.75, 3.05) is 5.32 Å². The second-order valence-electron chi connectivity index (χ2n) is 5.20. The van der Waals surface area contributed by atoms with E-state index in [-0.39, 0.29) is 6.10 Å². The van der Waals surface area contributed by atoms with Crippen molar-refractivity contribution < 1.29 is 4.74 Å². The molecule has 0 spiro atoms. The Morgan fingerprint density at radius 2 is 1.85 bits per heavy atom. The van der Waals surface area contributed by atoms with E-state index in [1.165, 1.54) is 11.1 Å². The number of anilines is 1. The van der Waals surface area contributed by atoms with Crippen molar-refractivity contribution in [2.45, 2.75) is 39.8 Å². The van der Waals surface area contributed by atoms with E-state index in [1.54, 1.807) is 0 Å². The van der Waals surface area contributed by atoms with Crippen molar-refractivity contribution in [2.24, 2.45) is 0 Å². The summed E-state index contributed by atoms with van der Waals surface area (Å²) in [4.78, 5) is 0. The fourth-order valence-electron chi connectivity index (χ4n) is 1.99. The van der Waals surface area contributed by atoms with E-state index < -0.39 is 0 Å². The van der Waals surface area contributed by atoms with Gasteiger partial charge in [0, 0.05) is 12.2 Å². The quantitative estimate of drug-likeness (QED) is 0.814. The lowest BCUT2D eigenvalue weighted by molar-refractivity contribution is 0.217. The molecule has 0 amide bonds. The topological polar surface area (TPSA) is 21.3 Å². The molecule has 2 aromatic rings. The Morgan fingerprint density at radius 1 is 1.10 bits per heavy atom. The normalized spacial score (nSPS) is 11.9. The maximum atomic E-state index is 5.77. The molecule has 2 heteroatoms. The Bertz CT molecular complexity index is 533. The minimum absolute atomic E-state index is 0.265. The van der Waals surface area contributed by atoms with Crippen LogP contribution in [0.2, 0.25) is 0 Å². The summed E-state index contributed by atoms with van der Waals surface area (Å²) in [5.41, 5.74) is 3.70. The third-order valence-electron chi connectivity index (χ3n) is 3.35. The number of nitrogens with one attached hydrogen (secondary N) is 1. The number of benzene rings is 2. The van der Waals surface area contributed by atoms with Crippen LogP contribution in [0.3, 0.4) is 0 Å². The molecule has 20 heavy (non-hydrogen) atoms. The van der Waals surface area contributed by atoms with Crippen LogP contribution in [-0.2, 0) is 6.54 Å². The molecule has 1 unspecified atom stereocenters. The second kappa shape index (κ2) is 6.99. The highest BCUT2D eigenvalue weighted by Crippen LogP contribution is 2.18. The van der Waals surface area contributed by atoms with Crippen molar-refractivity contribution >= 4 is 5.69 Å². The van der Waals surface area contributed by atoms with E-state index in [0.717, 1.165) is 24.4 Å². The standard InChI is InChI=1S/C18H23NO/c1-4-15(3)20-18-10-8-17(9-11-18)19-13-16-7-5-6-14(2)12-16/h5-12,15,19H,4,13H2,1-3H3. The third-order valence-corrected chi connectivity index (χ3v) is 3.35. The zero-order valence-corrected chi connectivity index (χ0v) is 12.5. The monoisotopic (exact) mass is 269 g/mol. The van der Waals surface area contributed by atoms with Gasteiger partial charge in [-0.3, -0.25) is 0 Å². The van der Waals surface area contributed by atoms with Gasteiger partial charge >= 0.3 is 0 Å². The Kier molecular flexibility index (Phi) is 5.05. The highest BCUT2D eigenvalue weighted by Gasteiger charge is 2.01. The van der Waals surface area contributed by atoms with Gasteiger partial charge in [0.2, 0.25) is 0 Å². The Balaban J connectivity index is 1.90. The van der Waals surface area contributed by atoms with Crippen LogP contribution in [0, 0.1) is 6.92 Å². The van der Waals surface area contributed by atoms with Crippen molar-refractivity contribution in [3.05, 3.63) is 59.7 Å². The Hall–Kier alpha value is -1.96. The van der Waals surface area contributed by atoms with E-state index in [2.05, 4.69) is 62.5 Å². The molecule has 0 radical (unpaired) electrons. The van der Waals surface area contributed by atoms with Crippen LogP contribution in [0.1, 0.15) is 31.4 Å². The summed E-state index contributed by atoms with van der Waals surface area (Å²) in [7, 11) is 0. The van der Waals surface area contributed by atoms with Crippen molar-refractivity contribution in [3.63, 3.8) is 0 Å². The SMILES string of the molecule is CCC(C)Oc1ccc(NCc2cccc(C)c2)cc1. The van der Waals surface area contributed by atoms with Crippen LogP contribution in [-0.4, -0.2) is 6.10 Å². The molecule has 2 aromatic carbocycles. The smallest absolute Gasteiger partial charge is 0.119 e. The highest BCUT2D eigenvalue weighted by atomic mass is 16.5. The molecule has 2 nitrogen and oxygen atoms in total. The van der Waals surface area contributed by atoms with Crippen molar-refractivity contribution in [1.82, 2.24) is 0 Å². The summed E-state index contributed by atoms with van der Waals surface area (Å²) in [6, 6.07) is 16.7. The molecule has 0 aliphatic heterocycles. The molecular formula is C18H23NO. The molecule has 1 atom stereocenters. The van der Waals surface area contributed by atoms with Crippen LogP contribution in [0.15, 0.2) is 48.5 Å². The fraction of sp³-hybridized carbons (Fsp3) is 0.333. The third kappa shape index (κ3) is 4.30. The summed E-state index contributed by atoms with van der Waals surface area (Å²) in [5, 5.41) is 3.43. The first-order valence-electron chi connectivity index (χ1n) is 7.23. The van der Waals surface area contributed by atoms with Gasteiger partial charge in [-0.25, -0.2) is 0 Å². The molecule has 106 valence electrons. The van der Waals surface area contributed by atoms with E-state index in [4.69, 9.17) is 4.74 Å². The fourth-order valence-corrected chi connectivity index (χ4v) is 1.99. The van der Waals surface area contributed by atoms with Crippen LogP contribution in [0.5, 0.6) is 5.75 Å². The average Bonchev–Trinajstić information content (AvgIpc) is 2.46. The van der Waals surface area contributed by atoms with Gasteiger partial charge < -0.3 is 10.1 Å². The van der Waals surface area contributed by atoms with Gasteiger partial charge in [0.25, 0.3) is 0 Å². The first-order chi connectivity index (χ1) is 9.67. The molecule has 0 aliphatic rings. The first-order valence-corrected chi connectivity index (χ1v) is 7.23. The molecule has 0 bridgehead atoms. The molecular weight excluding hydrogens is 246 g/mol. The van der Waals surface area contributed by atoms with Gasteiger partial charge in [0.1, 0.15) is 5.75 Å². The lowest BCUT2D eigenvalue weighted by atomic mass is 10.1. The first kappa shape index (κ1) is 14.4. The van der Waals surface area contributed by atoms with Crippen LogP contribution >= 0.6 is 0 Å². The predicted octanol–water partition coefficient (Wildman–Crippen LogP) is 4.78. The largest absolute Gasteiger partial charge is 0.491 e. The molecule has 0 aromatic heterocycles. The summed E-state index contributed by atoms with van der Waals surface area (Å²) in [5.74, 6) is 0.931. The zero-order chi connectivity index (χ0) is 14.4. The second-order valence-corrected chi connectivity index (χ2v) is 5.20. The lowest BCUT2D eigenvalue weighted by Gasteiger charge is -2.13. The van der Waals surface area contributed by atoms with E-state index in [0.29, 0.717) is 0 Å². The maximum absolute atomic E-state index is 5.77. The summed E-state index contributed by atoms with van der Waals surface area (Å²) in [6.45, 7) is 7.17. The number of aryl methyl sites for hydroxylation is 1. The summed E-state index contributed by atoms with van der Waals surface area (Å²) >= 11 is 0. The molecule has 1 N–H and O–H groups in total.